The van der Waals surface area contributed by atoms with Gasteiger partial charge in [0.1, 0.15) is 5.41 Å². The van der Waals surface area contributed by atoms with Crippen LogP contribution < -0.4 is 16.1 Å². The fourth-order valence-corrected chi connectivity index (χ4v) is 4.18. The van der Waals surface area contributed by atoms with Crippen molar-refractivity contribution in [1.29, 1.82) is 0 Å². The summed E-state index contributed by atoms with van der Waals surface area (Å²) in [5.41, 5.74) is 7.19. The summed E-state index contributed by atoms with van der Waals surface area (Å²) in [4.78, 5) is 12.4. The van der Waals surface area contributed by atoms with Crippen molar-refractivity contribution in [3.63, 3.8) is 0 Å². The van der Waals surface area contributed by atoms with Gasteiger partial charge in [-0.2, -0.15) is 18.3 Å². The molecular formula is C20H19Cl2F3N4O. The highest BCUT2D eigenvalue weighted by atomic mass is 35.5. The van der Waals surface area contributed by atoms with E-state index in [2.05, 4.69) is 10.5 Å². The molecule has 2 aromatic rings. The topological polar surface area (TPSA) is 70.7 Å². The highest BCUT2D eigenvalue weighted by molar-refractivity contribution is 6.34. The van der Waals surface area contributed by atoms with Crippen molar-refractivity contribution in [2.75, 3.05) is 18.0 Å². The van der Waals surface area contributed by atoms with Crippen LogP contribution in [0.25, 0.3) is 0 Å². The van der Waals surface area contributed by atoms with E-state index < -0.39 is 17.6 Å². The van der Waals surface area contributed by atoms with E-state index in [1.165, 1.54) is 24.4 Å². The van der Waals surface area contributed by atoms with Gasteiger partial charge in [0.05, 0.1) is 6.21 Å². The number of nitrogens with one attached hydrogen (secondary N) is 1. The number of nitrogens with two attached hydrogens (primary N) is 1. The second-order valence-electron chi connectivity index (χ2n) is 7.18. The van der Waals surface area contributed by atoms with Crippen LogP contribution in [0.15, 0.2) is 41.5 Å². The lowest BCUT2D eigenvalue weighted by Gasteiger charge is -2.33. The van der Waals surface area contributed by atoms with Gasteiger partial charge in [-0.25, -0.2) is 10.2 Å². The molecule has 30 heavy (non-hydrogen) atoms. The third-order valence-corrected chi connectivity index (χ3v) is 5.66. The van der Waals surface area contributed by atoms with Crippen molar-refractivity contribution in [3.8, 4) is 0 Å². The molecule has 0 saturated carbocycles. The van der Waals surface area contributed by atoms with Crippen molar-refractivity contribution in [2.45, 2.75) is 24.9 Å². The lowest BCUT2D eigenvalue weighted by Crippen LogP contribution is -2.44. The number of amides is 2. The molecular weight excluding hydrogens is 440 g/mol. The maximum absolute atomic E-state index is 14.2. The third kappa shape index (κ3) is 4.49. The van der Waals surface area contributed by atoms with Crippen molar-refractivity contribution in [2.24, 2.45) is 10.8 Å². The predicted octanol–water partition coefficient (Wildman–Crippen LogP) is 5.01. The minimum atomic E-state index is -4.47. The number of carbonyl (C=O) groups excluding carboxylic acids is 1. The van der Waals surface area contributed by atoms with Crippen LogP contribution in [0.1, 0.15) is 23.1 Å². The molecule has 3 rings (SSSR count). The second-order valence-corrected chi connectivity index (χ2v) is 8.06. The molecule has 10 heteroatoms. The Kier molecular flexibility index (Phi) is 6.19. The molecule has 160 valence electrons. The number of hydrazone groups is 1. The number of alkyl halides is 3. The first-order valence-electron chi connectivity index (χ1n) is 8.99. The Morgan fingerprint density at radius 1 is 1.23 bits per heavy atom. The Morgan fingerprint density at radius 3 is 2.47 bits per heavy atom. The van der Waals surface area contributed by atoms with E-state index in [0.29, 0.717) is 11.3 Å². The molecule has 1 atom stereocenters. The van der Waals surface area contributed by atoms with E-state index in [0.717, 1.165) is 5.56 Å². The van der Waals surface area contributed by atoms with Crippen molar-refractivity contribution in [1.82, 2.24) is 5.43 Å². The van der Waals surface area contributed by atoms with Gasteiger partial charge < -0.3 is 10.6 Å². The molecule has 0 radical (unpaired) electrons. The molecule has 1 fully saturated rings. The van der Waals surface area contributed by atoms with Gasteiger partial charge >= 0.3 is 12.2 Å². The van der Waals surface area contributed by atoms with Gasteiger partial charge in [0.25, 0.3) is 0 Å². The first-order chi connectivity index (χ1) is 14.0. The second kappa shape index (κ2) is 8.35. The summed E-state index contributed by atoms with van der Waals surface area (Å²) >= 11 is 12.0. The molecule has 1 aliphatic heterocycles. The molecule has 0 spiro atoms. The highest BCUT2D eigenvalue weighted by Gasteiger charge is 2.59. The molecule has 5 nitrogen and oxygen atoms in total. The quantitative estimate of drug-likeness (QED) is 0.498. The summed E-state index contributed by atoms with van der Waals surface area (Å²) in [5, 5.41) is 4.04. The van der Waals surface area contributed by atoms with Crippen LogP contribution in [0.5, 0.6) is 0 Å². The number of rotatable bonds is 4. The number of urea groups is 1. The Labute approximate surface area is 181 Å². The summed E-state index contributed by atoms with van der Waals surface area (Å²) in [7, 11) is 0. The fourth-order valence-electron chi connectivity index (χ4n) is 3.66. The monoisotopic (exact) mass is 458 g/mol. The van der Waals surface area contributed by atoms with Crippen LogP contribution in [0.2, 0.25) is 10.0 Å². The van der Waals surface area contributed by atoms with Gasteiger partial charge in [-0.05, 0) is 60.4 Å². The number of hydrogen-bond donors (Lipinski definition) is 2. The molecule has 0 aromatic heterocycles. The molecule has 3 N–H and O–H groups in total. The maximum Gasteiger partial charge on any atom is 0.400 e. The van der Waals surface area contributed by atoms with Crippen molar-refractivity contribution >= 4 is 41.1 Å². The van der Waals surface area contributed by atoms with Crippen LogP contribution in [-0.2, 0) is 5.41 Å². The zero-order chi connectivity index (χ0) is 22.1. The Balaban J connectivity index is 1.90. The SMILES string of the molecule is Cc1cc(N2CCC(c3cc(Cl)cc(Cl)c3)(C(F)(F)F)C2)ccc1/C=N/NC(N)=O. The first-order valence-corrected chi connectivity index (χ1v) is 9.75. The van der Waals surface area contributed by atoms with Crippen LogP contribution in [0, 0.1) is 6.92 Å². The smallest absolute Gasteiger partial charge is 0.370 e. The lowest BCUT2D eigenvalue weighted by molar-refractivity contribution is -0.184. The third-order valence-electron chi connectivity index (χ3n) is 5.22. The lowest BCUT2D eigenvalue weighted by atomic mass is 9.79. The molecule has 0 bridgehead atoms. The molecule has 2 amide bonds. The summed E-state index contributed by atoms with van der Waals surface area (Å²) in [5.74, 6) is 0. The first kappa shape index (κ1) is 22.2. The van der Waals surface area contributed by atoms with Crippen LogP contribution in [-0.4, -0.2) is 31.5 Å². The van der Waals surface area contributed by atoms with Gasteiger partial charge in [0.2, 0.25) is 0 Å². The maximum atomic E-state index is 14.2. The van der Waals surface area contributed by atoms with Gasteiger partial charge in [-0.15, -0.1) is 0 Å². The van der Waals surface area contributed by atoms with E-state index in [1.807, 2.05) is 0 Å². The van der Waals surface area contributed by atoms with Crippen LogP contribution in [0.3, 0.4) is 0 Å². The van der Waals surface area contributed by atoms with E-state index >= 15 is 0 Å². The number of anilines is 1. The number of aryl methyl sites for hydroxylation is 1. The highest BCUT2D eigenvalue weighted by Crippen LogP contribution is 2.49. The number of primary amides is 1. The van der Waals surface area contributed by atoms with Gasteiger partial charge in [-0.1, -0.05) is 29.3 Å². The van der Waals surface area contributed by atoms with Gasteiger partial charge in [0, 0.05) is 28.8 Å². The van der Waals surface area contributed by atoms with Gasteiger partial charge in [-0.3, -0.25) is 0 Å². The van der Waals surface area contributed by atoms with Crippen molar-refractivity contribution in [3.05, 3.63) is 63.1 Å². The van der Waals surface area contributed by atoms with E-state index in [9.17, 15) is 18.0 Å². The summed E-state index contributed by atoms with van der Waals surface area (Å²) in [6, 6.07) is 8.52. The molecule has 0 aliphatic carbocycles. The largest absolute Gasteiger partial charge is 0.400 e. The standard InChI is InChI=1S/C20H19Cl2F3N4O/c1-12-6-17(3-2-13(12)10-27-28-18(26)30)29-5-4-19(11-29,20(23,24)25)14-7-15(21)9-16(22)8-14/h2-3,6-10H,4-5,11H2,1H3,(H3,26,28,30)/b27-10+. The average molecular weight is 459 g/mol. The number of hydrogen-bond acceptors (Lipinski definition) is 3. The zero-order valence-corrected chi connectivity index (χ0v) is 17.4. The van der Waals surface area contributed by atoms with Crippen molar-refractivity contribution < 1.29 is 18.0 Å². The van der Waals surface area contributed by atoms with E-state index in [4.69, 9.17) is 28.9 Å². The molecule has 1 aliphatic rings. The van der Waals surface area contributed by atoms with Gasteiger partial charge in [0.15, 0.2) is 0 Å². The summed E-state index contributed by atoms with van der Waals surface area (Å²) in [6.07, 6.45) is -3.17. The molecule has 2 aromatic carbocycles. The molecule has 1 unspecified atom stereocenters. The summed E-state index contributed by atoms with van der Waals surface area (Å²) in [6.45, 7) is 1.78. The number of halogens is 5. The predicted molar refractivity (Wildman–Crippen MR) is 113 cm³/mol. The average Bonchev–Trinajstić information content (AvgIpc) is 3.09. The van der Waals surface area contributed by atoms with Crippen LogP contribution in [0.4, 0.5) is 23.7 Å². The Bertz CT molecular complexity index is 976. The fraction of sp³-hybridized carbons (Fsp3) is 0.300. The number of nitrogens with zero attached hydrogens (tertiary/aromatic N) is 2. The molecule has 1 saturated heterocycles. The molecule has 1 heterocycles. The normalized spacial score (nSPS) is 19.5. The number of carbonyl (C=O) groups is 1. The van der Waals surface area contributed by atoms with Crippen LogP contribution >= 0.6 is 23.2 Å². The Hall–Kier alpha value is -2.45. The van der Waals surface area contributed by atoms with E-state index in [1.54, 1.807) is 30.0 Å². The zero-order valence-electron chi connectivity index (χ0n) is 15.9. The van der Waals surface area contributed by atoms with E-state index in [-0.39, 0.29) is 35.1 Å². The number of benzene rings is 2. The Morgan fingerprint density at radius 2 is 1.90 bits per heavy atom. The summed E-state index contributed by atoms with van der Waals surface area (Å²) < 4.78 is 42.7. The minimum absolute atomic E-state index is 0.0630. The minimum Gasteiger partial charge on any atom is -0.370 e.